The molecular formula is C30H33N3O4. The minimum absolute atomic E-state index is 0.0583. The molecule has 4 rings (SSSR count). The van der Waals surface area contributed by atoms with Gasteiger partial charge < -0.3 is 24.1 Å². The largest absolute Gasteiger partial charge is 0.493 e. The zero-order valence-corrected chi connectivity index (χ0v) is 21.4. The zero-order valence-electron chi connectivity index (χ0n) is 21.4. The number of nitrogens with one attached hydrogen (secondary N) is 1. The van der Waals surface area contributed by atoms with E-state index in [0.717, 1.165) is 40.2 Å². The van der Waals surface area contributed by atoms with Gasteiger partial charge >= 0.3 is 0 Å². The van der Waals surface area contributed by atoms with Gasteiger partial charge in [0, 0.05) is 13.0 Å². The molecule has 0 saturated carbocycles. The van der Waals surface area contributed by atoms with Gasteiger partial charge in [-0.15, -0.1) is 6.58 Å². The lowest BCUT2D eigenvalue weighted by Gasteiger charge is -2.13. The molecule has 0 unspecified atom stereocenters. The predicted octanol–water partition coefficient (Wildman–Crippen LogP) is 4.76. The molecule has 0 spiro atoms. The Balaban J connectivity index is 1.38. The molecule has 7 nitrogen and oxygen atoms in total. The molecule has 1 N–H and O–H groups in total. The molecule has 0 radical (unpaired) electrons. The third kappa shape index (κ3) is 6.50. The van der Waals surface area contributed by atoms with Crippen LogP contribution < -0.4 is 19.5 Å². The Labute approximate surface area is 217 Å². The lowest BCUT2D eigenvalue weighted by molar-refractivity contribution is -0.120. The summed E-state index contributed by atoms with van der Waals surface area (Å²) < 4.78 is 18.9. The van der Waals surface area contributed by atoms with Gasteiger partial charge in [-0.2, -0.15) is 0 Å². The van der Waals surface area contributed by atoms with Crippen molar-refractivity contribution in [2.45, 2.75) is 25.8 Å². The topological polar surface area (TPSA) is 74.6 Å². The number of allylic oxidation sites excluding steroid dienone is 1. The molecule has 4 aromatic rings. The van der Waals surface area contributed by atoms with E-state index in [0.29, 0.717) is 37.6 Å². The number of imidazole rings is 1. The molecule has 7 heteroatoms. The van der Waals surface area contributed by atoms with Gasteiger partial charge in [-0.1, -0.05) is 42.5 Å². The molecule has 1 heterocycles. The number of hydrogen-bond acceptors (Lipinski definition) is 5. The first-order valence-corrected chi connectivity index (χ1v) is 12.4. The van der Waals surface area contributed by atoms with Gasteiger partial charge in [0.05, 0.1) is 38.2 Å². The summed E-state index contributed by atoms with van der Waals surface area (Å²) >= 11 is 0. The average molecular weight is 500 g/mol. The van der Waals surface area contributed by atoms with Gasteiger partial charge in [-0.25, -0.2) is 4.98 Å². The smallest absolute Gasteiger partial charge is 0.224 e. The van der Waals surface area contributed by atoms with Crippen molar-refractivity contribution in [2.75, 3.05) is 27.4 Å². The summed E-state index contributed by atoms with van der Waals surface area (Å²) in [6.45, 7) is 5.48. The third-order valence-electron chi connectivity index (χ3n) is 6.13. The fourth-order valence-corrected chi connectivity index (χ4v) is 4.33. The highest BCUT2D eigenvalue weighted by Gasteiger charge is 2.13. The van der Waals surface area contributed by atoms with E-state index in [4.69, 9.17) is 19.2 Å². The fraction of sp³-hybridized carbons (Fsp3) is 0.267. The Kier molecular flexibility index (Phi) is 8.81. The molecule has 0 aliphatic rings. The molecule has 0 saturated heterocycles. The molecule has 0 fully saturated rings. The third-order valence-corrected chi connectivity index (χ3v) is 6.13. The average Bonchev–Trinajstić information content (AvgIpc) is 3.27. The molecule has 192 valence electrons. The summed E-state index contributed by atoms with van der Waals surface area (Å²) in [6, 6.07) is 21.6. The van der Waals surface area contributed by atoms with E-state index in [1.165, 1.54) is 0 Å². The van der Waals surface area contributed by atoms with Crippen molar-refractivity contribution in [3.05, 3.63) is 96.3 Å². The maximum absolute atomic E-state index is 12.6. The summed E-state index contributed by atoms with van der Waals surface area (Å²) in [5, 5.41) is 3.02. The minimum atomic E-state index is -0.0583. The molecule has 0 atom stereocenters. The Hall–Kier alpha value is -4.26. The summed E-state index contributed by atoms with van der Waals surface area (Å²) in [5.74, 6) is 2.97. The van der Waals surface area contributed by atoms with E-state index in [1.807, 2.05) is 60.7 Å². The van der Waals surface area contributed by atoms with Gasteiger partial charge in [0.1, 0.15) is 18.2 Å². The normalized spacial score (nSPS) is 10.8. The van der Waals surface area contributed by atoms with E-state index in [2.05, 4.69) is 28.6 Å². The molecule has 1 amide bonds. The molecular weight excluding hydrogens is 466 g/mol. The number of ether oxygens (including phenoxy) is 3. The zero-order chi connectivity index (χ0) is 26.0. The van der Waals surface area contributed by atoms with Crippen molar-refractivity contribution < 1.29 is 19.0 Å². The van der Waals surface area contributed by atoms with Crippen molar-refractivity contribution in [3.63, 3.8) is 0 Å². The maximum Gasteiger partial charge on any atom is 0.224 e. The monoisotopic (exact) mass is 499 g/mol. The van der Waals surface area contributed by atoms with Gasteiger partial charge in [0.2, 0.25) is 5.91 Å². The lowest BCUT2D eigenvalue weighted by Crippen LogP contribution is -2.28. The number of hydrogen-bond donors (Lipinski definition) is 1. The standard InChI is InChI=1S/C30H33N3O4/c1-4-9-23-10-5-8-13-26(23)37-19-18-33-25-12-7-6-11-24(25)32-29(33)16-17-31-30(34)21-22-14-15-27(35-2)28(20-22)36-3/h4-8,10-15,20H,1,9,16-19,21H2,2-3H3,(H,31,34). The van der Waals surface area contributed by atoms with Crippen LogP contribution in [0.3, 0.4) is 0 Å². The van der Waals surface area contributed by atoms with E-state index >= 15 is 0 Å². The van der Waals surface area contributed by atoms with Crippen molar-refractivity contribution >= 4 is 16.9 Å². The van der Waals surface area contributed by atoms with Gasteiger partial charge in [-0.3, -0.25) is 4.79 Å². The number of rotatable bonds is 13. The summed E-state index contributed by atoms with van der Waals surface area (Å²) in [5.41, 5.74) is 3.96. The summed E-state index contributed by atoms with van der Waals surface area (Å²) in [6.07, 6.45) is 3.51. The Morgan fingerprint density at radius 1 is 1.00 bits per heavy atom. The van der Waals surface area contributed by atoms with E-state index in [9.17, 15) is 4.79 Å². The Morgan fingerprint density at radius 3 is 2.59 bits per heavy atom. The van der Waals surface area contributed by atoms with Gasteiger partial charge in [0.15, 0.2) is 11.5 Å². The summed E-state index contributed by atoms with van der Waals surface area (Å²) in [7, 11) is 3.17. The molecule has 3 aromatic carbocycles. The van der Waals surface area contributed by atoms with Crippen LogP contribution in [0.2, 0.25) is 0 Å². The number of benzene rings is 3. The van der Waals surface area contributed by atoms with Crippen LogP contribution in [0.1, 0.15) is 17.0 Å². The van der Waals surface area contributed by atoms with Crippen molar-refractivity contribution in [1.29, 1.82) is 0 Å². The SMILES string of the molecule is C=CCc1ccccc1OCCn1c(CCNC(=O)Cc2ccc(OC)c(OC)c2)nc2ccccc21. The van der Waals surface area contributed by atoms with Crippen molar-refractivity contribution in [2.24, 2.45) is 0 Å². The van der Waals surface area contributed by atoms with Crippen LogP contribution in [-0.4, -0.2) is 42.8 Å². The van der Waals surface area contributed by atoms with Crippen LogP contribution in [0, 0.1) is 0 Å². The molecule has 0 aliphatic carbocycles. The van der Waals surface area contributed by atoms with Crippen LogP contribution in [0.5, 0.6) is 17.2 Å². The highest BCUT2D eigenvalue weighted by atomic mass is 16.5. The molecule has 1 aromatic heterocycles. The van der Waals surface area contributed by atoms with Crippen LogP contribution >= 0.6 is 0 Å². The van der Waals surface area contributed by atoms with Crippen LogP contribution in [-0.2, 0) is 30.6 Å². The number of carbonyl (C=O) groups is 1. The second kappa shape index (κ2) is 12.6. The number of amides is 1. The maximum atomic E-state index is 12.6. The quantitative estimate of drug-likeness (QED) is 0.269. The number of methoxy groups -OCH3 is 2. The Bertz CT molecular complexity index is 1360. The number of para-hydroxylation sites is 3. The first-order valence-electron chi connectivity index (χ1n) is 12.4. The van der Waals surface area contributed by atoms with Crippen molar-refractivity contribution in [1.82, 2.24) is 14.9 Å². The van der Waals surface area contributed by atoms with Crippen LogP contribution in [0.4, 0.5) is 0 Å². The number of nitrogens with zero attached hydrogens (tertiary/aromatic N) is 2. The number of fused-ring (bicyclic) bond motifs is 1. The van der Waals surface area contributed by atoms with E-state index < -0.39 is 0 Å². The first kappa shape index (κ1) is 25.8. The van der Waals surface area contributed by atoms with Crippen LogP contribution in [0.25, 0.3) is 11.0 Å². The highest BCUT2D eigenvalue weighted by molar-refractivity contribution is 5.79. The van der Waals surface area contributed by atoms with Gasteiger partial charge in [-0.05, 0) is 47.9 Å². The highest BCUT2D eigenvalue weighted by Crippen LogP contribution is 2.27. The Morgan fingerprint density at radius 2 is 1.78 bits per heavy atom. The number of carbonyl (C=O) groups excluding carboxylic acids is 1. The summed E-state index contributed by atoms with van der Waals surface area (Å²) in [4.78, 5) is 17.4. The molecule has 0 bridgehead atoms. The van der Waals surface area contributed by atoms with Gasteiger partial charge in [0.25, 0.3) is 0 Å². The number of aromatic nitrogens is 2. The van der Waals surface area contributed by atoms with Crippen LogP contribution in [0.15, 0.2) is 79.4 Å². The first-order chi connectivity index (χ1) is 18.1. The van der Waals surface area contributed by atoms with Crippen molar-refractivity contribution in [3.8, 4) is 17.2 Å². The fourth-order valence-electron chi connectivity index (χ4n) is 4.33. The second-order valence-corrected chi connectivity index (χ2v) is 8.58. The van der Waals surface area contributed by atoms with E-state index in [1.54, 1.807) is 14.2 Å². The predicted molar refractivity (Wildman–Crippen MR) is 146 cm³/mol. The second-order valence-electron chi connectivity index (χ2n) is 8.58. The lowest BCUT2D eigenvalue weighted by atomic mass is 10.1. The minimum Gasteiger partial charge on any atom is -0.493 e. The molecule has 0 aliphatic heterocycles. The van der Waals surface area contributed by atoms with E-state index in [-0.39, 0.29) is 12.3 Å². The molecule has 37 heavy (non-hydrogen) atoms.